The zero-order valence-electron chi connectivity index (χ0n) is 16.0. The van der Waals surface area contributed by atoms with E-state index in [0.29, 0.717) is 6.61 Å². The number of rotatable bonds is 17. The Labute approximate surface area is 161 Å². The molecule has 0 saturated carbocycles. The second-order valence-electron chi connectivity index (χ2n) is 4.99. The first kappa shape index (κ1) is 33.7. The third-order valence-electron chi connectivity index (χ3n) is 2.82. The first-order chi connectivity index (χ1) is 11.9. The Hall–Kier alpha value is -0.870. The Morgan fingerprint density at radius 2 is 1.19 bits per heavy atom. The van der Waals surface area contributed by atoms with Gasteiger partial charge in [0.1, 0.15) is 6.26 Å². The average molecular weight is 425 g/mol. The van der Waals surface area contributed by atoms with Gasteiger partial charge in [0.2, 0.25) is 0 Å². The third kappa shape index (κ3) is 51.7. The average Bonchev–Trinajstić information content (AvgIpc) is 2.53. The van der Waals surface area contributed by atoms with Crippen LogP contribution < -0.4 is 12.3 Å². The maximum Gasteiger partial charge on any atom is 0.394 e. The minimum atomic E-state index is -4.67. The summed E-state index contributed by atoms with van der Waals surface area (Å²) in [7, 11) is -4.67. The summed E-state index contributed by atoms with van der Waals surface area (Å²) in [6.07, 6.45) is 13.7. The van der Waals surface area contributed by atoms with E-state index in [1.807, 2.05) is 0 Å². The highest BCUT2D eigenvalue weighted by Crippen LogP contribution is 2.10. The Bertz CT molecular complexity index is 363. The summed E-state index contributed by atoms with van der Waals surface area (Å²) in [5, 5.41) is 16.1. The number of hydrogen-bond donors (Lipinski definition) is 4. The largest absolute Gasteiger partial charge is 0.394 e. The van der Waals surface area contributed by atoms with Crippen LogP contribution in [0.25, 0.3) is 0 Å². The molecule has 0 aliphatic rings. The molecule has 0 aromatic rings. The van der Waals surface area contributed by atoms with Gasteiger partial charge in [-0.05, 0) is 16.5 Å². The molecule has 0 heterocycles. The van der Waals surface area contributed by atoms with Crippen molar-refractivity contribution < 1.29 is 47.5 Å². The Balaban J connectivity index is -0.000000333. The summed E-state index contributed by atoms with van der Waals surface area (Å²) in [5.74, 6) is 0. The molecule has 12 nitrogen and oxygen atoms in total. The standard InChI is InChI=1S/C14H28O6.2H3N.H2O4S/c1-3-5-6-7-8-9-10-11-12-13-14-16-18-20-19-17-15-4-2;;;1-5(2,3)4/h4H,2-3,5-14H2,1H3;2*1H3;(H2,1,2,3,4). The molecule has 168 valence electrons. The van der Waals surface area contributed by atoms with E-state index in [9.17, 15) is 0 Å². The predicted octanol–water partition coefficient (Wildman–Crippen LogP) is 4.40. The fourth-order valence-corrected chi connectivity index (χ4v) is 1.77. The molecular weight excluding hydrogens is 388 g/mol. The monoisotopic (exact) mass is 424 g/mol. The molecule has 0 aliphatic heterocycles. The van der Waals surface area contributed by atoms with Crippen molar-refractivity contribution >= 4 is 10.4 Å². The molecule has 8 N–H and O–H groups in total. The molecule has 0 aromatic heterocycles. The molecule has 0 spiro atoms. The molecule has 0 atom stereocenters. The highest BCUT2D eigenvalue weighted by atomic mass is 32.3. The summed E-state index contributed by atoms with van der Waals surface area (Å²) in [4.78, 5) is 8.81. The summed E-state index contributed by atoms with van der Waals surface area (Å²) in [5.41, 5.74) is 0. The number of hydrogen-bond acceptors (Lipinski definition) is 10. The van der Waals surface area contributed by atoms with Crippen LogP contribution in [0, 0.1) is 0 Å². The quantitative estimate of drug-likeness (QED) is 0.0844. The molecule has 27 heavy (non-hydrogen) atoms. The molecular formula is C14H36N2O10S. The van der Waals surface area contributed by atoms with Crippen LogP contribution in [0.3, 0.4) is 0 Å². The van der Waals surface area contributed by atoms with Crippen LogP contribution in [0.5, 0.6) is 0 Å². The van der Waals surface area contributed by atoms with Gasteiger partial charge in [0.15, 0.2) is 0 Å². The summed E-state index contributed by atoms with van der Waals surface area (Å²) >= 11 is 0. The SMILES string of the molecule is C=COOOOOOCCCCCCCCCCCC.N.N.O=S(=O)(O)O. The minimum Gasteiger partial charge on any atom is -0.344 e. The third-order valence-corrected chi connectivity index (χ3v) is 2.82. The maximum absolute atomic E-state index is 8.74. The van der Waals surface area contributed by atoms with Crippen molar-refractivity contribution in [1.82, 2.24) is 12.3 Å². The van der Waals surface area contributed by atoms with Crippen molar-refractivity contribution in [2.45, 2.75) is 71.1 Å². The van der Waals surface area contributed by atoms with Crippen LogP contribution in [0.4, 0.5) is 0 Å². The van der Waals surface area contributed by atoms with Crippen molar-refractivity contribution in [3.63, 3.8) is 0 Å². The van der Waals surface area contributed by atoms with Crippen molar-refractivity contribution in [2.75, 3.05) is 6.61 Å². The van der Waals surface area contributed by atoms with E-state index < -0.39 is 10.4 Å². The lowest BCUT2D eigenvalue weighted by Crippen LogP contribution is -2.00. The molecule has 13 heteroatoms. The van der Waals surface area contributed by atoms with Crippen molar-refractivity contribution in [2.24, 2.45) is 0 Å². The fraction of sp³-hybridized carbons (Fsp3) is 0.857. The zero-order chi connectivity index (χ0) is 19.2. The number of unbranched alkanes of at least 4 members (excludes halogenated alkanes) is 9. The molecule has 0 bridgehead atoms. The summed E-state index contributed by atoms with van der Waals surface area (Å²) in [6.45, 7) is 5.90. The fourth-order valence-electron chi connectivity index (χ4n) is 1.77. The van der Waals surface area contributed by atoms with Gasteiger partial charge >= 0.3 is 10.4 Å². The summed E-state index contributed by atoms with van der Waals surface area (Å²) in [6, 6.07) is 0. The molecule has 0 unspecified atom stereocenters. The van der Waals surface area contributed by atoms with Gasteiger partial charge in [-0.15, -0.1) is 0 Å². The van der Waals surface area contributed by atoms with Crippen molar-refractivity contribution in [1.29, 1.82) is 0 Å². The van der Waals surface area contributed by atoms with Gasteiger partial charge in [-0.1, -0.05) is 71.3 Å². The van der Waals surface area contributed by atoms with Crippen molar-refractivity contribution in [3.05, 3.63) is 12.8 Å². The Morgan fingerprint density at radius 3 is 1.63 bits per heavy atom. The molecule has 0 radical (unpaired) electrons. The van der Waals surface area contributed by atoms with Crippen LogP contribution in [0.1, 0.15) is 71.1 Å². The second kappa shape index (κ2) is 27.3. The smallest absolute Gasteiger partial charge is 0.344 e. The first-order valence-electron chi connectivity index (χ1n) is 8.17. The zero-order valence-corrected chi connectivity index (χ0v) is 16.9. The molecule has 0 fully saturated rings. The Morgan fingerprint density at radius 1 is 0.778 bits per heavy atom. The van der Waals surface area contributed by atoms with E-state index >= 15 is 0 Å². The molecule has 0 saturated heterocycles. The summed E-state index contributed by atoms with van der Waals surface area (Å²) < 4.78 is 31.6. The van der Waals surface area contributed by atoms with E-state index in [2.05, 4.69) is 43.4 Å². The minimum absolute atomic E-state index is 0. The van der Waals surface area contributed by atoms with Crippen LogP contribution in [0.2, 0.25) is 0 Å². The maximum atomic E-state index is 8.74. The van der Waals surface area contributed by atoms with Gasteiger partial charge < -0.3 is 17.2 Å². The van der Waals surface area contributed by atoms with E-state index in [4.69, 9.17) is 17.5 Å². The van der Waals surface area contributed by atoms with E-state index in [1.165, 1.54) is 51.4 Å². The van der Waals surface area contributed by atoms with Crippen molar-refractivity contribution in [3.8, 4) is 0 Å². The van der Waals surface area contributed by atoms with Gasteiger partial charge in [-0.3, -0.25) is 9.11 Å². The highest BCUT2D eigenvalue weighted by Gasteiger charge is 1.95. The predicted molar refractivity (Wildman–Crippen MR) is 97.6 cm³/mol. The van der Waals surface area contributed by atoms with Crippen LogP contribution in [-0.4, -0.2) is 24.1 Å². The first-order valence-corrected chi connectivity index (χ1v) is 9.57. The van der Waals surface area contributed by atoms with Gasteiger partial charge in [-0.2, -0.15) is 8.42 Å². The molecule has 0 aliphatic carbocycles. The van der Waals surface area contributed by atoms with E-state index in [0.717, 1.165) is 19.1 Å². The van der Waals surface area contributed by atoms with E-state index in [-0.39, 0.29) is 12.3 Å². The van der Waals surface area contributed by atoms with E-state index in [1.54, 1.807) is 0 Å². The normalized spacial score (nSPS) is 10.0. The Kier molecular flexibility index (Phi) is 34.1. The topological polar surface area (TPSA) is 200 Å². The lowest BCUT2D eigenvalue weighted by atomic mass is 10.1. The molecule has 0 amide bonds. The van der Waals surface area contributed by atoms with Crippen LogP contribution in [0.15, 0.2) is 12.8 Å². The second-order valence-corrected chi connectivity index (χ2v) is 5.88. The molecule has 0 aromatic carbocycles. The van der Waals surface area contributed by atoms with Gasteiger partial charge in [0.25, 0.3) is 0 Å². The lowest BCUT2D eigenvalue weighted by Gasteiger charge is -2.02. The van der Waals surface area contributed by atoms with Gasteiger partial charge in [0, 0.05) is 10.1 Å². The van der Waals surface area contributed by atoms with Gasteiger partial charge in [-0.25, -0.2) is 4.89 Å². The molecule has 0 rings (SSSR count). The van der Waals surface area contributed by atoms with Gasteiger partial charge in [0.05, 0.1) is 6.61 Å². The lowest BCUT2D eigenvalue weighted by molar-refractivity contribution is -0.751. The van der Waals surface area contributed by atoms with Crippen LogP contribution in [-0.2, 0) is 40.3 Å². The van der Waals surface area contributed by atoms with Crippen LogP contribution >= 0.6 is 0 Å². The highest BCUT2D eigenvalue weighted by molar-refractivity contribution is 7.79.